The van der Waals surface area contributed by atoms with E-state index in [1.165, 1.54) is 0 Å². The molecule has 3 aromatic rings. The Morgan fingerprint density at radius 3 is 2.18 bits per heavy atom. The molecule has 0 fully saturated rings. The summed E-state index contributed by atoms with van der Waals surface area (Å²) in [5.74, 6) is 1.19. The van der Waals surface area contributed by atoms with Crippen molar-refractivity contribution in [2.24, 2.45) is 0 Å². The van der Waals surface area contributed by atoms with Gasteiger partial charge in [-0.05, 0) is 42.0 Å². The lowest BCUT2D eigenvalue weighted by atomic mass is 10.0. The van der Waals surface area contributed by atoms with Crippen LogP contribution in [-0.2, 0) is 0 Å². The number of methoxy groups -OCH3 is 2. The highest BCUT2D eigenvalue weighted by atomic mass is 79.9. The molecular weight excluding hydrogens is 418 g/mol. The van der Waals surface area contributed by atoms with Crippen LogP contribution >= 0.6 is 15.9 Å². The molecule has 4 rings (SSSR count). The van der Waals surface area contributed by atoms with E-state index >= 15 is 0 Å². The van der Waals surface area contributed by atoms with Crippen LogP contribution < -0.4 is 14.8 Å². The molecule has 0 aliphatic heterocycles. The number of fused-ring (bicyclic) bond motifs is 1. The maximum Gasteiger partial charge on any atom is 0.196 e. The van der Waals surface area contributed by atoms with Crippen LogP contribution in [0.2, 0.25) is 0 Å². The van der Waals surface area contributed by atoms with E-state index in [0.29, 0.717) is 22.6 Å². The normalized spacial score (nSPS) is 12.8. The second kappa shape index (κ2) is 7.52. The molecule has 0 aromatic heterocycles. The molecule has 0 saturated heterocycles. The fraction of sp³-hybridized carbons (Fsp3) is 0.0870. The van der Waals surface area contributed by atoms with E-state index in [1.54, 1.807) is 14.2 Å². The Bertz CT molecular complexity index is 1090. The van der Waals surface area contributed by atoms with Crippen LogP contribution in [0.25, 0.3) is 11.3 Å². The van der Waals surface area contributed by atoms with Gasteiger partial charge in [0, 0.05) is 21.3 Å². The van der Waals surface area contributed by atoms with E-state index in [-0.39, 0.29) is 5.78 Å². The number of allylic oxidation sites excluding steroid dienone is 1. The summed E-state index contributed by atoms with van der Waals surface area (Å²) in [6, 6.07) is 21.0. The van der Waals surface area contributed by atoms with Crippen molar-refractivity contribution in [2.75, 3.05) is 19.5 Å². The van der Waals surface area contributed by atoms with E-state index in [2.05, 4.69) is 21.2 Å². The highest BCUT2D eigenvalue weighted by Crippen LogP contribution is 2.41. The van der Waals surface area contributed by atoms with Crippen molar-refractivity contribution in [3.8, 4) is 11.5 Å². The lowest BCUT2D eigenvalue weighted by Crippen LogP contribution is -2.02. The Labute approximate surface area is 171 Å². The van der Waals surface area contributed by atoms with E-state index in [4.69, 9.17) is 9.47 Å². The number of hydrogen-bond acceptors (Lipinski definition) is 4. The number of benzene rings is 3. The summed E-state index contributed by atoms with van der Waals surface area (Å²) in [5, 5.41) is 3.44. The van der Waals surface area contributed by atoms with Gasteiger partial charge in [-0.2, -0.15) is 0 Å². The predicted octanol–water partition coefficient (Wildman–Crippen LogP) is 5.64. The standard InChI is InChI=1S/C23H18BrNO3/c1-27-19-12-7-14(13-20(19)28-2)21-22(25-16-10-8-15(24)9-11-16)17-5-3-4-6-18(17)23(21)26/h3-13,25H,1-2H3. The Hall–Kier alpha value is -3.05. The summed E-state index contributed by atoms with van der Waals surface area (Å²) in [6.07, 6.45) is 0. The van der Waals surface area contributed by atoms with Crippen LogP contribution in [0.5, 0.6) is 11.5 Å². The predicted molar refractivity (Wildman–Crippen MR) is 115 cm³/mol. The third-order valence-electron chi connectivity index (χ3n) is 4.70. The number of ketones is 1. The Morgan fingerprint density at radius 2 is 1.50 bits per heavy atom. The zero-order chi connectivity index (χ0) is 19.7. The van der Waals surface area contributed by atoms with Crippen molar-refractivity contribution in [1.82, 2.24) is 0 Å². The van der Waals surface area contributed by atoms with Gasteiger partial charge in [0.05, 0.1) is 25.5 Å². The number of hydrogen-bond donors (Lipinski definition) is 1. The second-order valence-corrected chi connectivity index (χ2v) is 7.24. The van der Waals surface area contributed by atoms with Crippen molar-refractivity contribution in [1.29, 1.82) is 0 Å². The molecule has 1 N–H and O–H groups in total. The molecule has 1 aliphatic carbocycles. The first-order chi connectivity index (χ1) is 13.6. The molecule has 0 radical (unpaired) electrons. The van der Waals surface area contributed by atoms with Crippen molar-refractivity contribution in [3.63, 3.8) is 0 Å². The number of carbonyl (C=O) groups excluding carboxylic acids is 1. The molecule has 5 heteroatoms. The fourth-order valence-corrected chi connectivity index (χ4v) is 3.62. The monoisotopic (exact) mass is 435 g/mol. The molecule has 0 heterocycles. The molecule has 3 aromatic carbocycles. The summed E-state index contributed by atoms with van der Waals surface area (Å²) in [6.45, 7) is 0. The average Bonchev–Trinajstić information content (AvgIpc) is 3.01. The van der Waals surface area contributed by atoms with Crippen molar-refractivity contribution >= 4 is 38.7 Å². The average molecular weight is 436 g/mol. The summed E-state index contributed by atoms with van der Waals surface area (Å²) < 4.78 is 11.8. The first kappa shape index (κ1) is 18.3. The SMILES string of the molecule is COc1ccc(C2=C(Nc3ccc(Br)cc3)c3ccccc3C2=O)cc1OC. The van der Waals surface area contributed by atoms with E-state index in [0.717, 1.165) is 27.0 Å². The van der Waals surface area contributed by atoms with Gasteiger partial charge in [0.15, 0.2) is 17.3 Å². The molecule has 0 unspecified atom stereocenters. The maximum atomic E-state index is 13.2. The number of halogens is 1. The lowest BCUT2D eigenvalue weighted by molar-refractivity contribution is 0.105. The Kier molecular flexibility index (Phi) is 4.92. The summed E-state index contributed by atoms with van der Waals surface area (Å²) in [5.41, 5.74) is 4.66. The molecule has 4 nitrogen and oxygen atoms in total. The first-order valence-electron chi connectivity index (χ1n) is 8.75. The van der Waals surface area contributed by atoms with Crippen molar-refractivity contribution < 1.29 is 14.3 Å². The number of Topliss-reactive ketones (excluding diaryl/α,β-unsaturated/α-hetero) is 1. The molecule has 28 heavy (non-hydrogen) atoms. The highest BCUT2D eigenvalue weighted by Gasteiger charge is 2.31. The maximum absolute atomic E-state index is 13.2. The summed E-state index contributed by atoms with van der Waals surface area (Å²) in [4.78, 5) is 13.2. The van der Waals surface area contributed by atoms with Crippen molar-refractivity contribution in [3.05, 3.63) is 87.9 Å². The van der Waals surface area contributed by atoms with Crippen molar-refractivity contribution in [2.45, 2.75) is 0 Å². The van der Waals surface area contributed by atoms with Gasteiger partial charge in [-0.1, -0.05) is 46.3 Å². The molecule has 0 bridgehead atoms. The first-order valence-corrected chi connectivity index (χ1v) is 9.55. The smallest absolute Gasteiger partial charge is 0.196 e. The van der Waals surface area contributed by atoms with Crippen LogP contribution in [0.3, 0.4) is 0 Å². The van der Waals surface area contributed by atoms with Crippen LogP contribution in [0, 0.1) is 0 Å². The van der Waals surface area contributed by atoms with E-state index in [1.807, 2.05) is 66.7 Å². The number of carbonyl (C=O) groups is 1. The number of ether oxygens (including phenoxy) is 2. The molecule has 0 amide bonds. The Morgan fingerprint density at radius 1 is 0.821 bits per heavy atom. The van der Waals surface area contributed by atoms with Crippen LogP contribution in [0.15, 0.2) is 71.2 Å². The van der Waals surface area contributed by atoms with Crippen LogP contribution in [0.1, 0.15) is 21.5 Å². The van der Waals surface area contributed by atoms with Gasteiger partial charge in [0.1, 0.15) is 0 Å². The van der Waals surface area contributed by atoms with Gasteiger partial charge in [-0.3, -0.25) is 4.79 Å². The largest absolute Gasteiger partial charge is 0.493 e. The highest BCUT2D eigenvalue weighted by molar-refractivity contribution is 9.10. The number of nitrogens with one attached hydrogen (secondary N) is 1. The third-order valence-corrected chi connectivity index (χ3v) is 5.23. The molecule has 0 spiro atoms. The van der Waals surface area contributed by atoms with Gasteiger partial charge in [-0.15, -0.1) is 0 Å². The molecular formula is C23H18BrNO3. The van der Waals surface area contributed by atoms with E-state index < -0.39 is 0 Å². The van der Waals surface area contributed by atoms with E-state index in [9.17, 15) is 4.79 Å². The third kappa shape index (κ3) is 3.18. The summed E-state index contributed by atoms with van der Waals surface area (Å²) in [7, 11) is 3.18. The van der Waals surface area contributed by atoms with Gasteiger partial charge < -0.3 is 14.8 Å². The number of rotatable bonds is 5. The van der Waals surface area contributed by atoms with Crippen LogP contribution in [-0.4, -0.2) is 20.0 Å². The van der Waals surface area contributed by atoms with Crippen LogP contribution in [0.4, 0.5) is 5.69 Å². The second-order valence-electron chi connectivity index (χ2n) is 6.33. The minimum atomic E-state index is -0.0116. The molecule has 1 aliphatic rings. The molecule has 140 valence electrons. The topological polar surface area (TPSA) is 47.6 Å². The lowest BCUT2D eigenvalue weighted by Gasteiger charge is -2.13. The fourth-order valence-electron chi connectivity index (χ4n) is 3.36. The zero-order valence-electron chi connectivity index (χ0n) is 15.5. The van der Waals surface area contributed by atoms with Gasteiger partial charge in [0.2, 0.25) is 0 Å². The van der Waals surface area contributed by atoms with Gasteiger partial charge in [-0.25, -0.2) is 0 Å². The minimum Gasteiger partial charge on any atom is -0.493 e. The Balaban J connectivity index is 1.87. The zero-order valence-corrected chi connectivity index (χ0v) is 17.0. The quantitative estimate of drug-likeness (QED) is 0.562. The van der Waals surface area contributed by atoms with Gasteiger partial charge >= 0.3 is 0 Å². The molecule has 0 saturated carbocycles. The number of anilines is 1. The van der Waals surface area contributed by atoms with Gasteiger partial charge in [0.25, 0.3) is 0 Å². The summed E-state index contributed by atoms with van der Waals surface area (Å²) >= 11 is 3.45. The minimum absolute atomic E-state index is 0.0116. The molecule has 0 atom stereocenters.